The minimum atomic E-state index is -0.751. The van der Waals surface area contributed by atoms with E-state index in [1.165, 1.54) is 0 Å². The van der Waals surface area contributed by atoms with E-state index in [0.717, 1.165) is 64.2 Å². The molecule has 0 amide bonds. The third kappa shape index (κ3) is 6.02. The van der Waals surface area contributed by atoms with Crippen LogP contribution in [0.25, 0.3) is 0 Å². The lowest BCUT2D eigenvalue weighted by Crippen LogP contribution is -2.30. The molecule has 3 saturated carbocycles. The summed E-state index contributed by atoms with van der Waals surface area (Å²) < 4.78 is 0. The maximum Gasteiger partial charge on any atom is 0.307 e. The zero-order valence-electron chi connectivity index (χ0n) is 17.1. The molecule has 0 aliphatic heterocycles. The molecular formula is C25H30N2O2. The molecule has 3 rings (SSSR count). The van der Waals surface area contributed by atoms with E-state index >= 15 is 0 Å². The van der Waals surface area contributed by atoms with Crippen molar-refractivity contribution in [3.05, 3.63) is 0 Å². The lowest BCUT2D eigenvalue weighted by Gasteiger charge is -2.29. The van der Waals surface area contributed by atoms with Gasteiger partial charge in [-0.15, -0.1) is 0 Å². The number of hydrogen-bond acceptors (Lipinski definition) is 3. The fourth-order valence-electron chi connectivity index (χ4n) is 4.94. The van der Waals surface area contributed by atoms with Crippen molar-refractivity contribution in [3.63, 3.8) is 0 Å². The first-order valence-electron chi connectivity index (χ1n) is 11.1. The lowest BCUT2D eigenvalue weighted by molar-refractivity contribution is -0.144. The molecule has 0 bridgehead atoms. The minimum Gasteiger partial charge on any atom is -0.481 e. The maximum absolute atomic E-state index is 11.8. The average molecular weight is 391 g/mol. The predicted molar refractivity (Wildman–Crippen MR) is 110 cm³/mol. The van der Waals surface area contributed by atoms with Crippen molar-refractivity contribution in [2.75, 3.05) is 0 Å². The van der Waals surface area contributed by atoms with E-state index in [2.05, 4.69) is 35.8 Å². The predicted octanol–water partition coefficient (Wildman–Crippen LogP) is 4.77. The Bertz CT molecular complexity index is 781. The van der Waals surface area contributed by atoms with Crippen LogP contribution in [-0.4, -0.2) is 11.1 Å². The Morgan fingerprint density at radius 1 is 0.621 bits per heavy atom. The lowest BCUT2D eigenvalue weighted by atomic mass is 9.73. The molecule has 0 aromatic rings. The normalized spacial score (nSPS) is 36.8. The van der Waals surface area contributed by atoms with Gasteiger partial charge in [-0.3, -0.25) is 4.79 Å². The van der Waals surface area contributed by atoms with Crippen molar-refractivity contribution < 1.29 is 9.90 Å². The van der Waals surface area contributed by atoms with Crippen LogP contribution in [0, 0.1) is 87.8 Å². The highest BCUT2D eigenvalue weighted by Crippen LogP contribution is 2.35. The molecule has 0 radical (unpaired) electrons. The Morgan fingerprint density at radius 2 is 1.03 bits per heavy atom. The highest BCUT2D eigenvalue weighted by molar-refractivity contribution is 5.71. The molecular weight excluding hydrogens is 360 g/mol. The highest BCUT2D eigenvalue weighted by Gasteiger charge is 2.34. The standard InChI is InChI=1S/C25H30N2O2/c26-16-21-7-2-18(3-8-21)1-6-20-12-14-23(24(15-20)25(28)29)13-11-19-4-9-22(17-27)10-5-19/h18-24H,2-5,7-10,12,14-15H2,(H,28,29). The van der Waals surface area contributed by atoms with Crippen molar-refractivity contribution in [2.24, 2.45) is 41.4 Å². The molecule has 3 atom stereocenters. The monoisotopic (exact) mass is 390 g/mol. The molecule has 0 aromatic heterocycles. The van der Waals surface area contributed by atoms with Crippen molar-refractivity contribution in [1.29, 1.82) is 10.5 Å². The number of carboxylic acid groups (broad SMARTS) is 1. The Balaban J connectivity index is 1.54. The maximum atomic E-state index is 11.8. The van der Waals surface area contributed by atoms with Gasteiger partial charge in [-0.2, -0.15) is 10.5 Å². The molecule has 1 N–H and O–H groups in total. The van der Waals surface area contributed by atoms with Gasteiger partial charge in [-0.1, -0.05) is 23.7 Å². The Labute approximate surface area is 174 Å². The van der Waals surface area contributed by atoms with Crippen LogP contribution in [0.1, 0.15) is 70.6 Å². The third-order valence-electron chi connectivity index (χ3n) is 6.95. The van der Waals surface area contributed by atoms with Crippen LogP contribution in [0.15, 0.2) is 0 Å². The van der Waals surface area contributed by atoms with Crippen LogP contribution in [0.3, 0.4) is 0 Å². The minimum absolute atomic E-state index is 0.0784. The molecule has 0 spiro atoms. The van der Waals surface area contributed by atoms with E-state index in [1.807, 2.05) is 0 Å². The summed E-state index contributed by atoms with van der Waals surface area (Å²) in [6, 6.07) is 4.70. The fraction of sp³-hybridized carbons (Fsp3) is 0.720. The van der Waals surface area contributed by atoms with E-state index in [1.54, 1.807) is 0 Å². The number of aliphatic carboxylic acids is 1. The van der Waals surface area contributed by atoms with Crippen LogP contribution in [0.2, 0.25) is 0 Å². The van der Waals surface area contributed by atoms with Gasteiger partial charge in [0.15, 0.2) is 0 Å². The van der Waals surface area contributed by atoms with Gasteiger partial charge < -0.3 is 5.11 Å². The van der Waals surface area contributed by atoms with E-state index in [9.17, 15) is 9.90 Å². The number of carboxylic acids is 1. The van der Waals surface area contributed by atoms with Gasteiger partial charge in [0, 0.05) is 35.5 Å². The molecule has 0 saturated heterocycles. The number of nitrogens with zero attached hydrogens (tertiary/aromatic N) is 2. The summed E-state index contributed by atoms with van der Waals surface area (Å²) in [7, 11) is 0. The van der Waals surface area contributed by atoms with E-state index in [4.69, 9.17) is 10.5 Å². The number of rotatable bonds is 1. The zero-order chi connectivity index (χ0) is 20.6. The van der Waals surface area contributed by atoms with Gasteiger partial charge in [0.2, 0.25) is 0 Å². The van der Waals surface area contributed by atoms with Gasteiger partial charge in [-0.05, 0) is 70.6 Å². The third-order valence-corrected chi connectivity index (χ3v) is 6.95. The van der Waals surface area contributed by atoms with Crippen molar-refractivity contribution >= 4 is 5.97 Å². The Kier molecular flexibility index (Phi) is 7.62. The molecule has 0 heterocycles. The average Bonchev–Trinajstić information content (AvgIpc) is 2.77. The van der Waals surface area contributed by atoms with Gasteiger partial charge in [0.25, 0.3) is 0 Å². The van der Waals surface area contributed by atoms with Crippen LogP contribution in [-0.2, 0) is 4.79 Å². The second kappa shape index (κ2) is 10.4. The molecule has 3 aliphatic rings. The quantitative estimate of drug-likeness (QED) is 0.654. The molecule has 29 heavy (non-hydrogen) atoms. The fourth-order valence-corrected chi connectivity index (χ4v) is 4.94. The number of carbonyl (C=O) groups is 1. The molecule has 4 nitrogen and oxygen atoms in total. The molecule has 152 valence electrons. The molecule has 0 aromatic carbocycles. The smallest absolute Gasteiger partial charge is 0.307 e. The van der Waals surface area contributed by atoms with Gasteiger partial charge in [0.05, 0.1) is 18.1 Å². The number of hydrogen-bond donors (Lipinski definition) is 1. The highest BCUT2D eigenvalue weighted by atomic mass is 16.4. The second-order valence-corrected chi connectivity index (χ2v) is 8.99. The summed E-state index contributed by atoms with van der Waals surface area (Å²) >= 11 is 0. The summed E-state index contributed by atoms with van der Waals surface area (Å²) in [6.45, 7) is 0. The molecule has 3 unspecified atom stereocenters. The van der Waals surface area contributed by atoms with Gasteiger partial charge >= 0.3 is 5.97 Å². The zero-order valence-corrected chi connectivity index (χ0v) is 17.1. The SMILES string of the molecule is N#CC1CCC(C#CC2CCC(C#CC3CCC(C#N)CC3)C(C(=O)O)C2)CC1. The van der Waals surface area contributed by atoms with E-state index in [0.29, 0.717) is 18.3 Å². The van der Waals surface area contributed by atoms with Crippen LogP contribution >= 0.6 is 0 Å². The largest absolute Gasteiger partial charge is 0.481 e. The van der Waals surface area contributed by atoms with Crippen LogP contribution in [0.4, 0.5) is 0 Å². The van der Waals surface area contributed by atoms with E-state index in [-0.39, 0.29) is 23.7 Å². The second-order valence-electron chi connectivity index (χ2n) is 8.99. The summed E-state index contributed by atoms with van der Waals surface area (Å²) in [4.78, 5) is 11.8. The summed E-state index contributed by atoms with van der Waals surface area (Å²) in [6.07, 6.45) is 9.91. The summed E-state index contributed by atoms with van der Waals surface area (Å²) in [5.41, 5.74) is 0. The topological polar surface area (TPSA) is 84.9 Å². The van der Waals surface area contributed by atoms with E-state index < -0.39 is 11.9 Å². The first-order valence-corrected chi connectivity index (χ1v) is 11.1. The van der Waals surface area contributed by atoms with Crippen molar-refractivity contribution in [2.45, 2.75) is 70.6 Å². The molecule has 3 fully saturated rings. The Hall–Kier alpha value is -2.43. The number of nitriles is 2. The van der Waals surface area contributed by atoms with Crippen molar-refractivity contribution in [3.8, 4) is 35.8 Å². The first-order chi connectivity index (χ1) is 14.1. The van der Waals surface area contributed by atoms with Gasteiger partial charge in [-0.25, -0.2) is 0 Å². The molecule has 4 heteroatoms. The molecule has 3 aliphatic carbocycles. The van der Waals surface area contributed by atoms with Crippen LogP contribution < -0.4 is 0 Å². The first kappa shape index (κ1) is 21.3. The van der Waals surface area contributed by atoms with Crippen molar-refractivity contribution in [1.82, 2.24) is 0 Å². The van der Waals surface area contributed by atoms with Crippen LogP contribution in [0.5, 0.6) is 0 Å². The summed E-state index contributed by atoms with van der Waals surface area (Å²) in [5, 5.41) is 27.7. The van der Waals surface area contributed by atoms with Gasteiger partial charge in [0.1, 0.15) is 0 Å². The Morgan fingerprint density at radius 3 is 1.52 bits per heavy atom. The summed E-state index contributed by atoms with van der Waals surface area (Å²) in [5.74, 6) is 13.3.